The first-order chi connectivity index (χ1) is 11.7. The lowest BCUT2D eigenvalue weighted by molar-refractivity contribution is -0.136. The van der Waals surface area contributed by atoms with Crippen LogP contribution in [0.25, 0.3) is 22.3 Å². The zero-order valence-corrected chi connectivity index (χ0v) is 12.8. The normalized spacial score (nSPS) is 14.4. The Balaban J connectivity index is 1.85. The lowest BCUT2D eigenvalue weighted by Gasteiger charge is -2.18. The number of nitrogens with one attached hydrogen (secondary N) is 1. The molecule has 0 unspecified atom stereocenters. The predicted octanol–water partition coefficient (Wildman–Crippen LogP) is 2.77. The van der Waals surface area contributed by atoms with Crippen molar-refractivity contribution in [1.82, 2.24) is 15.0 Å². The zero-order valence-electron chi connectivity index (χ0n) is 12.8. The van der Waals surface area contributed by atoms with Crippen molar-refractivity contribution in [2.45, 2.75) is 12.8 Å². The van der Waals surface area contributed by atoms with Crippen LogP contribution in [0.15, 0.2) is 54.6 Å². The second-order valence-electron chi connectivity index (χ2n) is 5.51. The van der Waals surface area contributed by atoms with Crippen molar-refractivity contribution in [1.29, 1.82) is 0 Å². The van der Waals surface area contributed by atoms with Crippen LogP contribution in [0.3, 0.4) is 0 Å². The molecule has 24 heavy (non-hydrogen) atoms. The van der Waals surface area contributed by atoms with E-state index < -0.39 is 0 Å². The highest BCUT2D eigenvalue weighted by Gasteiger charge is 2.30. The molecule has 1 fully saturated rings. The van der Waals surface area contributed by atoms with E-state index in [4.69, 9.17) is 0 Å². The number of aromatic nitrogens is 2. The first kappa shape index (κ1) is 14.3. The van der Waals surface area contributed by atoms with Crippen LogP contribution < -0.4 is 5.43 Å². The minimum atomic E-state index is -0.256. The Morgan fingerprint density at radius 2 is 1.38 bits per heavy atom. The van der Waals surface area contributed by atoms with Gasteiger partial charge in [0.1, 0.15) is 5.69 Å². The average molecular weight is 318 g/mol. The quantitative estimate of drug-likeness (QED) is 0.752. The van der Waals surface area contributed by atoms with Gasteiger partial charge in [0.25, 0.3) is 0 Å². The van der Waals surface area contributed by atoms with Crippen LogP contribution in [0, 0.1) is 0 Å². The summed E-state index contributed by atoms with van der Waals surface area (Å²) < 4.78 is 0. The fraction of sp³-hybridized carbons (Fsp3) is 0.111. The molecule has 1 aliphatic rings. The van der Waals surface area contributed by atoms with Crippen LogP contribution in [0.4, 0.5) is 5.82 Å². The standard InChI is InChI=1S/C18H14N4O2/c23-15-10-11-16(24)22(15)21-18-17(12-6-2-1-3-7-12)19-13-8-4-5-9-14(13)20-18/h1-9H,10-11H2,(H,20,21). The topological polar surface area (TPSA) is 75.2 Å². The average Bonchev–Trinajstić information content (AvgIpc) is 2.94. The molecule has 2 aromatic carbocycles. The van der Waals surface area contributed by atoms with Crippen LogP contribution in [0.5, 0.6) is 0 Å². The van der Waals surface area contributed by atoms with Crippen molar-refractivity contribution in [3.8, 4) is 11.3 Å². The molecule has 0 aliphatic carbocycles. The van der Waals surface area contributed by atoms with Gasteiger partial charge in [0.2, 0.25) is 11.8 Å². The Kier molecular flexibility index (Phi) is 3.42. The lowest BCUT2D eigenvalue weighted by atomic mass is 10.1. The number of rotatable bonds is 3. The Labute approximate surface area is 138 Å². The van der Waals surface area contributed by atoms with Gasteiger partial charge in [0, 0.05) is 18.4 Å². The molecule has 0 bridgehead atoms. The summed E-state index contributed by atoms with van der Waals surface area (Å²) in [5, 5.41) is 1.03. The van der Waals surface area contributed by atoms with E-state index in [0.717, 1.165) is 16.1 Å². The van der Waals surface area contributed by atoms with Gasteiger partial charge in [-0.15, -0.1) is 0 Å². The number of hydrogen-bond donors (Lipinski definition) is 1. The number of para-hydroxylation sites is 2. The summed E-state index contributed by atoms with van der Waals surface area (Å²) in [6.07, 6.45) is 0.432. The first-order valence-electron chi connectivity index (χ1n) is 7.67. The number of fused-ring (bicyclic) bond motifs is 1. The van der Waals surface area contributed by atoms with Crippen molar-refractivity contribution in [2.75, 3.05) is 5.43 Å². The highest BCUT2D eigenvalue weighted by atomic mass is 16.2. The predicted molar refractivity (Wildman–Crippen MR) is 89.7 cm³/mol. The number of nitrogens with zero attached hydrogens (tertiary/aromatic N) is 3. The van der Waals surface area contributed by atoms with Crippen LogP contribution in [0.2, 0.25) is 0 Å². The van der Waals surface area contributed by atoms with E-state index in [1.807, 2.05) is 54.6 Å². The summed E-state index contributed by atoms with van der Waals surface area (Å²) in [5.74, 6) is -0.119. The van der Waals surface area contributed by atoms with Crippen LogP contribution >= 0.6 is 0 Å². The summed E-state index contributed by atoms with van der Waals surface area (Å²) in [5.41, 5.74) is 5.76. The maximum absolute atomic E-state index is 11.9. The lowest BCUT2D eigenvalue weighted by Crippen LogP contribution is -2.35. The molecule has 1 N–H and O–H groups in total. The Bertz CT molecular complexity index is 924. The molecule has 0 spiro atoms. The van der Waals surface area contributed by atoms with Crippen molar-refractivity contribution in [3.63, 3.8) is 0 Å². The molecule has 2 amide bonds. The third-order valence-corrected chi connectivity index (χ3v) is 3.89. The smallest absolute Gasteiger partial charge is 0.248 e. The van der Waals surface area contributed by atoms with E-state index in [9.17, 15) is 9.59 Å². The molecular formula is C18H14N4O2. The number of amides is 2. The Morgan fingerprint density at radius 3 is 2.04 bits per heavy atom. The molecule has 1 aromatic heterocycles. The number of hydrogen-bond acceptors (Lipinski definition) is 5. The summed E-state index contributed by atoms with van der Waals surface area (Å²) >= 11 is 0. The first-order valence-corrected chi connectivity index (χ1v) is 7.67. The molecule has 2 heterocycles. The molecule has 6 heteroatoms. The van der Waals surface area contributed by atoms with Crippen molar-refractivity contribution in [3.05, 3.63) is 54.6 Å². The van der Waals surface area contributed by atoms with Gasteiger partial charge >= 0.3 is 0 Å². The zero-order chi connectivity index (χ0) is 16.5. The highest BCUT2D eigenvalue weighted by molar-refractivity contribution is 6.03. The van der Waals surface area contributed by atoms with Crippen LogP contribution in [0.1, 0.15) is 12.8 Å². The molecular weight excluding hydrogens is 304 g/mol. The van der Waals surface area contributed by atoms with Crippen molar-refractivity contribution < 1.29 is 9.59 Å². The Morgan fingerprint density at radius 1 is 0.792 bits per heavy atom. The van der Waals surface area contributed by atoms with Gasteiger partial charge in [0.05, 0.1) is 11.0 Å². The van der Waals surface area contributed by atoms with E-state index in [1.54, 1.807) is 0 Å². The number of carbonyl (C=O) groups is 2. The fourth-order valence-corrected chi connectivity index (χ4v) is 2.68. The van der Waals surface area contributed by atoms with Gasteiger partial charge in [-0.3, -0.25) is 15.0 Å². The Hall–Kier alpha value is -3.28. The second kappa shape index (κ2) is 5.73. The van der Waals surface area contributed by atoms with Gasteiger partial charge in [-0.2, -0.15) is 5.01 Å². The summed E-state index contributed by atoms with van der Waals surface area (Å²) in [4.78, 5) is 33.0. The molecule has 6 nitrogen and oxygen atoms in total. The number of carbonyl (C=O) groups excluding carboxylic acids is 2. The van der Waals surface area contributed by atoms with E-state index >= 15 is 0 Å². The van der Waals surface area contributed by atoms with E-state index in [1.165, 1.54) is 0 Å². The summed E-state index contributed by atoms with van der Waals surface area (Å²) in [6.45, 7) is 0. The minimum absolute atomic E-state index is 0.216. The molecule has 118 valence electrons. The van der Waals surface area contributed by atoms with Gasteiger partial charge < -0.3 is 0 Å². The molecule has 0 radical (unpaired) electrons. The monoisotopic (exact) mass is 318 g/mol. The van der Waals surface area contributed by atoms with E-state index in [2.05, 4.69) is 15.4 Å². The van der Waals surface area contributed by atoms with Crippen molar-refractivity contribution in [2.24, 2.45) is 0 Å². The van der Waals surface area contributed by atoms with Crippen LogP contribution in [-0.4, -0.2) is 26.8 Å². The number of hydrazine groups is 1. The van der Waals surface area contributed by atoms with Crippen LogP contribution in [-0.2, 0) is 9.59 Å². The van der Waals surface area contributed by atoms with Crippen molar-refractivity contribution >= 4 is 28.7 Å². The maximum Gasteiger partial charge on any atom is 0.248 e. The third-order valence-electron chi connectivity index (χ3n) is 3.89. The SMILES string of the molecule is O=C1CCC(=O)N1Nc1nc2ccccc2nc1-c1ccccc1. The summed E-state index contributed by atoms with van der Waals surface area (Å²) in [6, 6.07) is 17.0. The molecule has 0 atom stereocenters. The molecule has 1 saturated heterocycles. The number of imide groups is 1. The van der Waals surface area contributed by atoms with Gasteiger partial charge in [0.15, 0.2) is 5.82 Å². The minimum Gasteiger partial charge on any atom is -0.273 e. The van der Waals surface area contributed by atoms with E-state index in [-0.39, 0.29) is 24.7 Å². The summed E-state index contributed by atoms with van der Waals surface area (Å²) in [7, 11) is 0. The fourth-order valence-electron chi connectivity index (χ4n) is 2.68. The maximum atomic E-state index is 11.9. The third kappa shape index (κ3) is 2.48. The van der Waals surface area contributed by atoms with Gasteiger partial charge in [-0.05, 0) is 12.1 Å². The number of benzene rings is 2. The van der Waals surface area contributed by atoms with E-state index in [0.29, 0.717) is 17.0 Å². The molecule has 3 aromatic rings. The second-order valence-corrected chi connectivity index (χ2v) is 5.51. The van der Waals surface area contributed by atoms with Gasteiger partial charge in [-0.1, -0.05) is 42.5 Å². The molecule has 0 saturated carbocycles. The largest absolute Gasteiger partial charge is 0.273 e. The molecule has 1 aliphatic heterocycles. The number of anilines is 1. The highest BCUT2D eigenvalue weighted by Crippen LogP contribution is 2.28. The molecule has 4 rings (SSSR count). The van der Waals surface area contributed by atoms with Gasteiger partial charge in [-0.25, -0.2) is 9.97 Å².